The Morgan fingerprint density at radius 2 is 1.14 bits per heavy atom. The van der Waals surface area contributed by atoms with Crippen molar-refractivity contribution < 1.29 is 38.0 Å². The number of nitrogens with two attached hydrogens (primary N) is 2. The number of morpholine rings is 2. The second-order valence-electron chi connectivity index (χ2n) is 16.0. The number of halogens is 3. The monoisotopic (exact) mass is 1150 g/mol. The minimum atomic E-state index is -0.415. The van der Waals surface area contributed by atoms with Crippen molar-refractivity contribution in [3.63, 3.8) is 0 Å². The molecule has 0 saturated carbocycles. The topological polar surface area (TPSA) is 232 Å². The number of hydrogen-bond donors (Lipinski definition) is 5. The van der Waals surface area contributed by atoms with E-state index in [1.165, 1.54) is 12.4 Å². The van der Waals surface area contributed by atoms with E-state index in [0.29, 0.717) is 48.3 Å². The molecule has 4 aromatic rings. The molecule has 0 spiro atoms. The summed E-state index contributed by atoms with van der Waals surface area (Å²) < 4.78 is 35.7. The van der Waals surface area contributed by atoms with Crippen LogP contribution in [0.4, 0.5) is 23.5 Å². The van der Waals surface area contributed by atoms with Crippen LogP contribution < -0.4 is 46.4 Å². The van der Waals surface area contributed by atoms with Crippen LogP contribution in [0.1, 0.15) is 78.4 Å². The third kappa shape index (κ3) is 16.6. The standard InChI is InChI=1S/C22H30IN5O4.C16H18ClIN4O3.C6H13NO/c1-12(2)15-6-18(30-5)16(23)7-17(15)32-19-8-25-22(27-21(19)24)26-20(29)11-28-9-13(3)31-14(4)10-28;1-8(2)9-4-12(24-3)10(18)5-11(9)25-13-7-20-16(22-15(13)19)21-14(23)6-17;1-5-3-7-4-6(2)8-5/h6-8,12-14H,9-11H2,1-5H3,(H3,24,25,26,27,29);4-5,7-8H,6H2,1-3H3,(H3,19,20,21,22,23);5-7H,3-4H2,1-2H3. The molecular formula is C44H61ClI2N10O8. The Morgan fingerprint density at radius 1 is 0.723 bits per heavy atom. The van der Waals surface area contributed by atoms with Gasteiger partial charge in [-0.2, -0.15) is 9.97 Å². The molecule has 0 radical (unpaired) electrons. The highest BCUT2D eigenvalue weighted by Crippen LogP contribution is 2.39. The molecule has 2 aliphatic heterocycles. The molecule has 21 heteroatoms. The van der Waals surface area contributed by atoms with Crippen LogP contribution in [0.2, 0.25) is 0 Å². The predicted octanol–water partition coefficient (Wildman–Crippen LogP) is 7.78. The van der Waals surface area contributed by atoms with Gasteiger partial charge in [0.1, 0.15) is 28.9 Å². The summed E-state index contributed by atoms with van der Waals surface area (Å²) in [7, 11) is 3.27. The highest BCUT2D eigenvalue weighted by molar-refractivity contribution is 14.1. The number of nitrogens with zero attached hydrogens (tertiary/aromatic N) is 5. The molecule has 2 aromatic heterocycles. The second-order valence-corrected chi connectivity index (χ2v) is 18.6. The molecule has 2 saturated heterocycles. The summed E-state index contributed by atoms with van der Waals surface area (Å²) in [5, 5.41) is 8.40. The van der Waals surface area contributed by atoms with E-state index >= 15 is 0 Å². The van der Waals surface area contributed by atoms with Crippen LogP contribution >= 0.6 is 56.8 Å². The summed E-state index contributed by atoms with van der Waals surface area (Å²) in [6.45, 7) is 20.1. The van der Waals surface area contributed by atoms with Crippen LogP contribution in [0, 0.1) is 7.14 Å². The number of benzene rings is 2. The van der Waals surface area contributed by atoms with Gasteiger partial charge < -0.3 is 45.2 Å². The molecule has 2 amide bonds. The van der Waals surface area contributed by atoms with Crippen LogP contribution in [0.3, 0.4) is 0 Å². The van der Waals surface area contributed by atoms with Gasteiger partial charge in [0.2, 0.25) is 23.7 Å². The zero-order valence-electron chi connectivity index (χ0n) is 38.5. The third-order valence-corrected chi connectivity index (χ3v) is 11.6. The van der Waals surface area contributed by atoms with Crippen molar-refractivity contribution in [2.45, 2.75) is 91.6 Å². The molecule has 18 nitrogen and oxygen atoms in total. The molecule has 7 N–H and O–H groups in total. The zero-order valence-corrected chi connectivity index (χ0v) is 43.5. The summed E-state index contributed by atoms with van der Waals surface area (Å²) in [6.07, 6.45) is 3.86. The maximum absolute atomic E-state index is 12.4. The summed E-state index contributed by atoms with van der Waals surface area (Å²) in [5.41, 5.74) is 14.0. The Labute approximate surface area is 413 Å². The molecule has 4 unspecified atom stereocenters. The Balaban J connectivity index is 0.000000248. The number of nitrogen functional groups attached to an aromatic ring is 2. The first-order valence-corrected chi connectivity index (χ1v) is 23.7. The van der Waals surface area contributed by atoms with Crippen molar-refractivity contribution in [2.24, 2.45) is 0 Å². The zero-order chi connectivity index (χ0) is 48.0. The fourth-order valence-electron chi connectivity index (χ4n) is 6.70. The predicted molar refractivity (Wildman–Crippen MR) is 270 cm³/mol. The summed E-state index contributed by atoms with van der Waals surface area (Å²) in [5.74, 6) is 3.57. The lowest BCUT2D eigenvalue weighted by molar-refractivity contribution is -0.121. The summed E-state index contributed by atoms with van der Waals surface area (Å²) >= 11 is 9.80. The van der Waals surface area contributed by atoms with Gasteiger partial charge in [-0.1, -0.05) is 27.7 Å². The molecule has 6 rings (SSSR count). The lowest BCUT2D eigenvalue weighted by Crippen LogP contribution is -2.48. The third-order valence-electron chi connectivity index (χ3n) is 9.63. The number of rotatable bonds is 13. The number of carbonyl (C=O) groups is 2. The van der Waals surface area contributed by atoms with Crippen LogP contribution in [-0.4, -0.2) is 114 Å². The van der Waals surface area contributed by atoms with Gasteiger partial charge in [-0.05, 0) is 109 Å². The SMILES string of the molecule is CC1CNCC(C)O1.COc1cc(C(C)C)c(Oc2cnc(NC(=O)CCl)nc2N)cc1I.COc1cc(C(C)C)c(Oc2cnc(NC(=O)CN3CC(C)OC(C)C3)nc2N)cc1I. The van der Waals surface area contributed by atoms with Gasteiger partial charge in [-0.25, -0.2) is 9.97 Å². The van der Waals surface area contributed by atoms with Crippen LogP contribution in [0.25, 0.3) is 0 Å². The van der Waals surface area contributed by atoms with E-state index in [0.717, 1.165) is 42.9 Å². The van der Waals surface area contributed by atoms with Gasteiger partial charge in [0, 0.05) is 37.3 Å². The van der Waals surface area contributed by atoms with Gasteiger partial charge in [0.05, 0.1) is 64.7 Å². The molecule has 2 aliphatic rings. The molecule has 0 aliphatic carbocycles. The first-order chi connectivity index (χ1) is 30.8. The summed E-state index contributed by atoms with van der Waals surface area (Å²) in [6, 6.07) is 7.67. The van der Waals surface area contributed by atoms with E-state index in [-0.39, 0.29) is 65.9 Å². The second kappa shape index (κ2) is 25.7. The van der Waals surface area contributed by atoms with Crippen LogP contribution in [-0.2, 0) is 19.1 Å². The lowest BCUT2D eigenvalue weighted by Gasteiger charge is -2.34. The minimum Gasteiger partial charge on any atom is -0.496 e. The molecule has 356 valence electrons. The van der Waals surface area contributed by atoms with E-state index in [1.807, 2.05) is 43.0 Å². The Hall–Kier alpha value is -4.07. The van der Waals surface area contributed by atoms with E-state index in [1.54, 1.807) is 14.2 Å². The number of nitrogens with one attached hydrogen (secondary N) is 3. The fraction of sp³-hybridized carbons (Fsp3) is 0.500. The van der Waals surface area contributed by atoms with E-state index < -0.39 is 5.91 Å². The smallest absolute Gasteiger partial charge is 0.241 e. The highest BCUT2D eigenvalue weighted by atomic mass is 127. The Kier molecular flexibility index (Phi) is 21.2. The van der Waals surface area contributed by atoms with Crippen LogP contribution in [0.5, 0.6) is 34.5 Å². The van der Waals surface area contributed by atoms with Gasteiger partial charge in [0.25, 0.3) is 0 Å². The number of hydrogen-bond acceptors (Lipinski definition) is 16. The molecular weight excluding hydrogens is 1090 g/mol. The first kappa shape index (κ1) is 53.5. The molecule has 65 heavy (non-hydrogen) atoms. The maximum atomic E-state index is 12.4. The number of methoxy groups -OCH3 is 2. The number of alkyl halides is 1. The number of ether oxygens (including phenoxy) is 6. The molecule has 2 fully saturated rings. The average Bonchev–Trinajstić information content (AvgIpc) is 3.22. The maximum Gasteiger partial charge on any atom is 0.241 e. The Morgan fingerprint density at radius 3 is 1.49 bits per heavy atom. The summed E-state index contributed by atoms with van der Waals surface area (Å²) in [4.78, 5) is 42.2. The average molecular weight is 1150 g/mol. The van der Waals surface area contributed by atoms with Gasteiger partial charge in [0.15, 0.2) is 23.1 Å². The van der Waals surface area contributed by atoms with Crippen molar-refractivity contribution in [1.29, 1.82) is 0 Å². The normalized spacial score (nSPS) is 18.4. The fourth-order valence-corrected chi connectivity index (χ4v) is 8.08. The van der Waals surface area contributed by atoms with Crippen molar-refractivity contribution in [3.05, 3.63) is 54.9 Å². The van der Waals surface area contributed by atoms with Crippen molar-refractivity contribution >= 4 is 92.1 Å². The minimum absolute atomic E-state index is 0.0731. The number of aromatic nitrogens is 4. The Bertz CT molecular complexity index is 2210. The van der Waals surface area contributed by atoms with Crippen LogP contribution in [0.15, 0.2) is 36.7 Å². The first-order valence-electron chi connectivity index (χ1n) is 21.1. The van der Waals surface area contributed by atoms with Crippen molar-refractivity contribution in [3.8, 4) is 34.5 Å². The van der Waals surface area contributed by atoms with Crippen molar-refractivity contribution in [2.75, 3.05) is 74.9 Å². The van der Waals surface area contributed by atoms with Gasteiger partial charge >= 0.3 is 0 Å². The number of amides is 2. The van der Waals surface area contributed by atoms with Gasteiger partial charge in [-0.15, -0.1) is 11.6 Å². The van der Waals surface area contributed by atoms with Crippen molar-refractivity contribution in [1.82, 2.24) is 30.2 Å². The number of carbonyl (C=O) groups excluding carboxylic acids is 2. The van der Waals surface area contributed by atoms with E-state index in [2.05, 4.69) is 123 Å². The van der Waals surface area contributed by atoms with Gasteiger partial charge in [-0.3, -0.25) is 25.1 Å². The number of anilines is 4. The highest BCUT2D eigenvalue weighted by Gasteiger charge is 2.24. The quantitative estimate of drug-likeness (QED) is 0.0635. The molecule has 2 aromatic carbocycles. The molecule has 0 bridgehead atoms. The molecule has 4 heterocycles. The molecule has 4 atom stereocenters. The van der Waals surface area contributed by atoms with E-state index in [4.69, 9.17) is 51.5 Å². The van der Waals surface area contributed by atoms with E-state index in [9.17, 15) is 9.59 Å². The lowest BCUT2D eigenvalue weighted by atomic mass is 10.0. The largest absolute Gasteiger partial charge is 0.496 e.